The molecule has 3 rings (SSSR count). The highest BCUT2D eigenvalue weighted by Crippen LogP contribution is 2.38. The van der Waals surface area contributed by atoms with Crippen molar-refractivity contribution in [2.24, 2.45) is 0 Å². The molecule has 0 aliphatic carbocycles. The SMILES string of the molecule is COc1cc(C(=O)N2CC[C@H](S(=O)(=O)Cc3ccco3)C2)cc(OC)c1OC. The predicted octanol–water partition coefficient (Wildman–Crippen LogP) is 2.13. The summed E-state index contributed by atoms with van der Waals surface area (Å²) in [6.45, 7) is 0.496. The number of hydrogen-bond donors (Lipinski definition) is 0. The molecule has 1 atom stereocenters. The Labute approximate surface area is 163 Å². The van der Waals surface area contributed by atoms with Gasteiger partial charge in [0.2, 0.25) is 5.75 Å². The topological polar surface area (TPSA) is 95.3 Å². The Bertz CT molecular complexity index is 912. The van der Waals surface area contributed by atoms with Crippen LogP contribution in [-0.2, 0) is 15.6 Å². The molecular weight excluding hydrogens is 386 g/mol. The molecule has 152 valence electrons. The summed E-state index contributed by atoms with van der Waals surface area (Å²) in [6.07, 6.45) is 1.83. The minimum atomic E-state index is -3.42. The van der Waals surface area contributed by atoms with Crippen LogP contribution in [0.3, 0.4) is 0 Å². The van der Waals surface area contributed by atoms with Crippen molar-refractivity contribution in [1.29, 1.82) is 0 Å². The Morgan fingerprint density at radius 1 is 1.18 bits per heavy atom. The Morgan fingerprint density at radius 2 is 1.86 bits per heavy atom. The largest absolute Gasteiger partial charge is 0.493 e. The summed E-state index contributed by atoms with van der Waals surface area (Å²) in [7, 11) is 1.000. The van der Waals surface area contributed by atoms with E-state index < -0.39 is 15.1 Å². The van der Waals surface area contributed by atoms with E-state index in [1.807, 2.05) is 0 Å². The predicted molar refractivity (Wildman–Crippen MR) is 102 cm³/mol. The zero-order valence-corrected chi connectivity index (χ0v) is 16.8. The number of carbonyl (C=O) groups is 1. The van der Waals surface area contributed by atoms with E-state index in [0.29, 0.717) is 41.5 Å². The van der Waals surface area contributed by atoms with Crippen LogP contribution in [0.25, 0.3) is 0 Å². The number of amides is 1. The van der Waals surface area contributed by atoms with E-state index in [1.165, 1.54) is 32.5 Å². The van der Waals surface area contributed by atoms with Gasteiger partial charge in [0.25, 0.3) is 5.91 Å². The Morgan fingerprint density at radius 3 is 2.39 bits per heavy atom. The molecule has 1 aliphatic rings. The molecule has 0 bridgehead atoms. The van der Waals surface area contributed by atoms with Crippen molar-refractivity contribution >= 4 is 15.7 Å². The third-order valence-corrected chi connectivity index (χ3v) is 6.86. The summed E-state index contributed by atoms with van der Waals surface area (Å²) in [4.78, 5) is 14.5. The van der Waals surface area contributed by atoms with E-state index in [2.05, 4.69) is 0 Å². The molecule has 28 heavy (non-hydrogen) atoms. The summed E-state index contributed by atoms with van der Waals surface area (Å²) in [5, 5.41) is -0.622. The van der Waals surface area contributed by atoms with E-state index in [1.54, 1.807) is 24.3 Å². The number of methoxy groups -OCH3 is 3. The molecular formula is C19H23NO7S. The van der Waals surface area contributed by atoms with Crippen molar-refractivity contribution in [2.75, 3.05) is 34.4 Å². The molecule has 0 saturated carbocycles. The van der Waals surface area contributed by atoms with Gasteiger partial charge in [-0.15, -0.1) is 0 Å². The van der Waals surface area contributed by atoms with Crippen LogP contribution in [0.4, 0.5) is 0 Å². The Kier molecular flexibility index (Phi) is 5.83. The standard InChI is InChI=1S/C19H23NO7S/c1-24-16-9-13(10-17(25-2)18(16)26-3)19(21)20-7-6-15(11-20)28(22,23)12-14-5-4-8-27-14/h4-5,8-10,15H,6-7,11-12H2,1-3H3/t15-/m0/s1. The van der Waals surface area contributed by atoms with Crippen LogP contribution in [0.5, 0.6) is 17.2 Å². The number of rotatable bonds is 7. The number of likely N-dealkylation sites (tertiary alicyclic amines) is 1. The van der Waals surface area contributed by atoms with Gasteiger partial charge < -0.3 is 23.5 Å². The van der Waals surface area contributed by atoms with Crippen molar-refractivity contribution in [2.45, 2.75) is 17.4 Å². The molecule has 0 spiro atoms. The highest BCUT2D eigenvalue weighted by molar-refractivity contribution is 7.91. The zero-order valence-electron chi connectivity index (χ0n) is 16.0. The average Bonchev–Trinajstić information content (AvgIpc) is 3.38. The van der Waals surface area contributed by atoms with Crippen LogP contribution in [0.2, 0.25) is 0 Å². The van der Waals surface area contributed by atoms with E-state index in [0.717, 1.165) is 0 Å². The van der Waals surface area contributed by atoms with Crippen molar-refractivity contribution in [1.82, 2.24) is 4.90 Å². The van der Waals surface area contributed by atoms with Gasteiger partial charge in [-0.3, -0.25) is 4.79 Å². The average molecular weight is 409 g/mol. The lowest BCUT2D eigenvalue weighted by Gasteiger charge is -2.19. The maximum absolute atomic E-state index is 12.9. The van der Waals surface area contributed by atoms with Gasteiger partial charge in [-0.1, -0.05) is 0 Å². The molecule has 9 heteroatoms. The van der Waals surface area contributed by atoms with E-state index in [4.69, 9.17) is 18.6 Å². The molecule has 1 saturated heterocycles. The lowest BCUT2D eigenvalue weighted by molar-refractivity contribution is 0.0792. The molecule has 0 unspecified atom stereocenters. The number of benzene rings is 1. The third-order valence-electron chi connectivity index (χ3n) is 4.78. The molecule has 1 aliphatic heterocycles. The second-order valence-corrected chi connectivity index (χ2v) is 8.74. The van der Waals surface area contributed by atoms with Crippen LogP contribution >= 0.6 is 0 Å². The first-order valence-electron chi connectivity index (χ1n) is 8.72. The number of nitrogens with zero attached hydrogens (tertiary/aromatic N) is 1. The van der Waals surface area contributed by atoms with Crippen molar-refractivity contribution in [3.05, 3.63) is 41.9 Å². The first kappa shape index (κ1) is 20.1. The maximum Gasteiger partial charge on any atom is 0.254 e. The van der Waals surface area contributed by atoms with Crippen LogP contribution in [0, 0.1) is 0 Å². The summed E-state index contributed by atoms with van der Waals surface area (Å²) in [6, 6.07) is 6.41. The fourth-order valence-electron chi connectivity index (χ4n) is 3.30. The molecule has 1 amide bonds. The van der Waals surface area contributed by atoms with Gasteiger partial charge in [-0.25, -0.2) is 8.42 Å². The molecule has 2 heterocycles. The lowest BCUT2D eigenvalue weighted by atomic mass is 10.1. The molecule has 8 nitrogen and oxygen atoms in total. The Hall–Kier alpha value is -2.68. The number of sulfone groups is 1. The van der Waals surface area contributed by atoms with E-state index >= 15 is 0 Å². The summed E-state index contributed by atoms with van der Waals surface area (Å²) in [5.74, 6) is 1.07. The smallest absolute Gasteiger partial charge is 0.254 e. The number of carbonyl (C=O) groups excluding carboxylic acids is 1. The molecule has 1 aromatic carbocycles. The van der Waals surface area contributed by atoms with Gasteiger partial charge in [-0.2, -0.15) is 0 Å². The van der Waals surface area contributed by atoms with Gasteiger partial charge in [0.15, 0.2) is 21.3 Å². The van der Waals surface area contributed by atoms with Gasteiger partial charge in [-0.05, 0) is 30.7 Å². The monoisotopic (exact) mass is 409 g/mol. The summed E-state index contributed by atoms with van der Waals surface area (Å²) in [5.41, 5.74) is 0.346. The number of furan rings is 1. The van der Waals surface area contributed by atoms with Crippen LogP contribution in [0.1, 0.15) is 22.5 Å². The van der Waals surface area contributed by atoms with Crippen molar-refractivity contribution < 1.29 is 31.8 Å². The summed E-state index contributed by atoms with van der Waals surface area (Å²) < 4.78 is 46.3. The Balaban J connectivity index is 1.77. The van der Waals surface area contributed by atoms with Crippen LogP contribution in [-0.4, -0.2) is 58.9 Å². The first-order chi connectivity index (χ1) is 13.4. The van der Waals surface area contributed by atoms with Crippen molar-refractivity contribution in [3.8, 4) is 17.2 Å². The minimum Gasteiger partial charge on any atom is -0.493 e. The first-order valence-corrected chi connectivity index (χ1v) is 10.4. The lowest BCUT2D eigenvalue weighted by Crippen LogP contribution is -2.32. The van der Waals surface area contributed by atoms with E-state index in [9.17, 15) is 13.2 Å². The summed E-state index contributed by atoms with van der Waals surface area (Å²) >= 11 is 0. The van der Waals surface area contributed by atoms with Crippen LogP contribution < -0.4 is 14.2 Å². The normalized spacial score (nSPS) is 16.8. The van der Waals surface area contributed by atoms with Crippen molar-refractivity contribution in [3.63, 3.8) is 0 Å². The maximum atomic E-state index is 12.9. The highest BCUT2D eigenvalue weighted by atomic mass is 32.2. The highest BCUT2D eigenvalue weighted by Gasteiger charge is 2.36. The molecule has 0 N–H and O–H groups in total. The third kappa shape index (κ3) is 3.94. The van der Waals surface area contributed by atoms with Crippen LogP contribution in [0.15, 0.2) is 34.9 Å². The second-order valence-electron chi connectivity index (χ2n) is 6.46. The van der Waals surface area contributed by atoms with E-state index in [-0.39, 0.29) is 18.2 Å². The zero-order chi connectivity index (χ0) is 20.3. The molecule has 2 aromatic rings. The fourth-order valence-corrected chi connectivity index (χ4v) is 4.97. The molecule has 1 fully saturated rings. The minimum absolute atomic E-state index is 0.137. The second kappa shape index (κ2) is 8.14. The van der Waals surface area contributed by atoms with Gasteiger partial charge in [0.1, 0.15) is 11.5 Å². The van der Waals surface area contributed by atoms with Gasteiger partial charge in [0, 0.05) is 18.7 Å². The fraction of sp³-hybridized carbons (Fsp3) is 0.421. The molecule has 0 radical (unpaired) electrons. The molecule has 1 aromatic heterocycles. The van der Waals surface area contributed by atoms with Gasteiger partial charge >= 0.3 is 0 Å². The number of ether oxygens (including phenoxy) is 3. The number of hydrogen-bond acceptors (Lipinski definition) is 7. The van der Waals surface area contributed by atoms with Gasteiger partial charge in [0.05, 0.1) is 32.8 Å². The quantitative estimate of drug-likeness (QED) is 0.691.